The van der Waals surface area contributed by atoms with Crippen LogP contribution >= 0.6 is 11.3 Å². The Balaban J connectivity index is 2.74. The lowest BCUT2D eigenvalue weighted by molar-refractivity contribution is -0.00166. The van der Waals surface area contributed by atoms with Gasteiger partial charge in [0.1, 0.15) is 0 Å². The van der Waals surface area contributed by atoms with Crippen molar-refractivity contribution in [1.82, 2.24) is 4.98 Å². The Labute approximate surface area is 108 Å². The van der Waals surface area contributed by atoms with Gasteiger partial charge in [0.15, 0.2) is 0 Å². The Hall–Kier alpha value is -0.450. The van der Waals surface area contributed by atoms with Gasteiger partial charge in [-0.25, -0.2) is 4.98 Å². The van der Waals surface area contributed by atoms with E-state index >= 15 is 0 Å². The number of methoxy groups -OCH3 is 1. The van der Waals surface area contributed by atoms with Gasteiger partial charge < -0.3 is 10.5 Å². The molecule has 2 unspecified atom stereocenters. The first-order valence-corrected chi connectivity index (χ1v) is 6.78. The van der Waals surface area contributed by atoms with E-state index in [1.165, 1.54) is 4.88 Å². The number of nitrogens with two attached hydrogens (primary N) is 1. The SMILES string of the molecule is COC(C(N)Cc1nc(C)c(C)s1)C(C)(C)C. The monoisotopic (exact) mass is 256 g/mol. The molecule has 1 aromatic heterocycles. The fourth-order valence-corrected chi connectivity index (χ4v) is 3.11. The topological polar surface area (TPSA) is 48.1 Å². The Morgan fingerprint density at radius 1 is 1.35 bits per heavy atom. The van der Waals surface area contributed by atoms with E-state index in [2.05, 4.69) is 32.7 Å². The number of aryl methyl sites for hydroxylation is 2. The van der Waals surface area contributed by atoms with Crippen LogP contribution in [-0.4, -0.2) is 24.2 Å². The van der Waals surface area contributed by atoms with Crippen LogP contribution in [0.3, 0.4) is 0 Å². The van der Waals surface area contributed by atoms with Gasteiger partial charge in [-0.3, -0.25) is 0 Å². The van der Waals surface area contributed by atoms with E-state index < -0.39 is 0 Å². The maximum Gasteiger partial charge on any atom is 0.0947 e. The van der Waals surface area contributed by atoms with Crippen LogP contribution in [0.1, 0.15) is 36.3 Å². The van der Waals surface area contributed by atoms with E-state index in [9.17, 15) is 0 Å². The molecule has 3 nitrogen and oxygen atoms in total. The first-order chi connectivity index (χ1) is 7.75. The zero-order valence-electron chi connectivity index (χ0n) is 11.7. The Bertz CT molecular complexity index is 348. The number of nitrogens with zero attached hydrogens (tertiary/aromatic N) is 1. The number of hydrogen-bond acceptors (Lipinski definition) is 4. The van der Waals surface area contributed by atoms with Crippen molar-refractivity contribution in [1.29, 1.82) is 0 Å². The molecule has 2 N–H and O–H groups in total. The quantitative estimate of drug-likeness (QED) is 0.901. The number of ether oxygens (including phenoxy) is 1. The average Bonchev–Trinajstić information content (AvgIpc) is 2.43. The van der Waals surface area contributed by atoms with Crippen LogP contribution in [0.4, 0.5) is 0 Å². The summed E-state index contributed by atoms with van der Waals surface area (Å²) in [7, 11) is 1.73. The first kappa shape index (κ1) is 14.6. The molecule has 0 amide bonds. The van der Waals surface area contributed by atoms with Crippen LogP contribution in [0.5, 0.6) is 0 Å². The second kappa shape index (κ2) is 5.46. The largest absolute Gasteiger partial charge is 0.379 e. The molecule has 0 spiro atoms. The predicted octanol–water partition coefficient (Wildman–Crippen LogP) is 2.69. The van der Waals surface area contributed by atoms with Crippen LogP contribution in [-0.2, 0) is 11.2 Å². The standard InChI is InChI=1S/C13H24N2OS/c1-8-9(2)17-11(15-8)7-10(14)12(16-6)13(3,4)5/h10,12H,7,14H2,1-6H3. The van der Waals surface area contributed by atoms with Gasteiger partial charge in [0.05, 0.1) is 16.8 Å². The fourth-order valence-electron chi connectivity index (χ4n) is 2.11. The molecule has 0 aromatic carbocycles. The molecule has 1 aromatic rings. The van der Waals surface area contributed by atoms with Gasteiger partial charge in [0.2, 0.25) is 0 Å². The lowest BCUT2D eigenvalue weighted by Crippen LogP contribution is -2.46. The molecular formula is C13H24N2OS. The van der Waals surface area contributed by atoms with Crippen LogP contribution in [0.25, 0.3) is 0 Å². The summed E-state index contributed by atoms with van der Waals surface area (Å²) in [5.74, 6) is 0. The number of rotatable bonds is 4. The van der Waals surface area contributed by atoms with Crippen molar-refractivity contribution < 1.29 is 4.74 Å². The van der Waals surface area contributed by atoms with Gasteiger partial charge in [0, 0.05) is 24.4 Å². The molecule has 1 rings (SSSR count). The van der Waals surface area contributed by atoms with Gasteiger partial charge in [-0.2, -0.15) is 0 Å². The Morgan fingerprint density at radius 2 is 1.94 bits per heavy atom. The van der Waals surface area contributed by atoms with Gasteiger partial charge >= 0.3 is 0 Å². The van der Waals surface area contributed by atoms with Crippen LogP contribution < -0.4 is 5.73 Å². The highest BCUT2D eigenvalue weighted by Crippen LogP contribution is 2.26. The summed E-state index contributed by atoms with van der Waals surface area (Å²) in [5, 5.41) is 1.11. The van der Waals surface area contributed by atoms with E-state index in [0.29, 0.717) is 0 Å². The van der Waals surface area contributed by atoms with E-state index in [-0.39, 0.29) is 17.6 Å². The molecule has 0 bridgehead atoms. The molecule has 98 valence electrons. The minimum atomic E-state index is -0.00931. The predicted molar refractivity (Wildman–Crippen MR) is 73.5 cm³/mol. The van der Waals surface area contributed by atoms with Gasteiger partial charge in [-0.05, 0) is 19.3 Å². The molecule has 0 aliphatic carbocycles. The Kier molecular flexibility index (Phi) is 4.69. The lowest BCUT2D eigenvalue weighted by Gasteiger charge is -2.33. The average molecular weight is 256 g/mol. The van der Waals surface area contributed by atoms with Crippen LogP contribution in [0, 0.1) is 19.3 Å². The third-order valence-electron chi connectivity index (χ3n) is 2.98. The van der Waals surface area contributed by atoms with Gasteiger partial charge in [0.25, 0.3) is 0 Å². The minimum absolute atomic E-state index is 0.00931. The molecule has 1 heterocycles. The van der Waals surface area contributed by atoms with Gasteiger partial charge in [-0.15, -0.1) is 11.3 Å². The summed E-state index contributed by atoms with van der Waals surface area (Å²) >= 11 is 1.73. The second-order valence-electron chi connectivity index (χ2n) is 5.64. The molecular weight excluding hydrogens is 232 g/mol. The molecule has 0 radical (unpaired) electrons. The number of aromatic nitrogens is 1. The molecule has 17 heavy (non-hydrogen) atoms. The van der Waals surface area contributed by atoms with Crippen molar-refractivity contribution in [2.75, 3.05) is 7.11 Å². The Morgan fingerprint density at radius 3 is 2.29 bits per heavy atom. The van der Waals surface area contributed by atoms with Crippen molar-refractivity contribution in [3.8, 4) is 0 Å². The zero-order valence-corrected chi connectivity index (χ0v) is 12.5. The molecule has 4 heteroatoms. The summed E-state index contributed by atoms with van der Waals surface area (Å²) in [6.45, 7) is 10.6. The maximum absolute atomic E-state index is 6.25. The third-order valence-corrected chi connectivity index (χ3v) is 4.07. The van der Waals surface area contributed by atoms with Crippen molar-refractivity contribution in [2.24, 2.45) is 11.1 Å². The maximum atomic E-state index is 6.25. The van der Waals surface area contributed by atoms with Crippen molar-refractivity contribution in [3.63, 3.8) is 0 Å². The van der Waals surface area contributed by atoms with E-state index in [0.717, 1.165) is 17.1 Å². The highest BCUT2D eigenvalue weighted by atomic mass is 32.1. The van der Waals surface area contributed by atoms with E-state index in [4.69, 9.17) is 10.5 Å². The second-order valence-corrected chi connectivity index (χ2v) is 6.93. The number of hydrogen-bond donors (Lipinski definition) is 1. The summed E-state index contributed by atoms with van der Waals surface area (Å²) in [6.07, 6.45) is 0.835. The van der Waals surface area contributed by atoms with Crippen molar-refractivity contribution in [3.05, 3.63) is 15.6 Å². The molecule has 0 fully saturated rings. The highest BCUT2D eigenvalue weighted by molar-refractivity contribution is 7.11. The lowest BCUT2D eigenvalue weighted by atomic mass is 9.84. The van der Waals surface area contributed by atoms with Crippen LogP contribution in [0.2, 0.25) is 0 Å². The third kappa shape index (κ3) is 3.76. The first-order valence-electron chi connectivity index (χ1n) is 5.97. The van der Waals surface area contributed by atoms with E-state index in [1.54, 1.807) is 18.4 Å². The minimum Gasteiger partial charge on any atom is -0.379 e. The smallest absolute Gasteiger partial charge is 0.0947 e. The van der Waals surface area contributed by atoms with Crippen molar-refractivity contribution in [2.45, 2.75) is 53.2 Å². The molecule has 0 aliphatic heterocycles. The van der Waals surface area contributed by atoms with Gasteiger partial charge in [-0.1, -0.05) is 20.8 Å². The van der Waals surface area contributed by atoms with Crippen LogP contribution in [0.15, 0.2) is 0 Å². The number of thiazole rings is 1. The summed E-state index contributed by atoms with van der Waals surface area (Å²) in [4.78, 5) is 5.81. The molecule has 0 aliphatic rings. The molecule has 0 saturated heterocycles. The summed E-state index contributed by atoms with van der Waals surface area (Å²) in [6, 6.07) is -0.00931. The highest BCUT2D eigenvalue weighted by Gasteiger charge is 2.30. The fraction of sp³-hybridized carbons (Fsp3) is 0.769. The zero-order chi connectivity index (χ0) is 13.2. The normalized spacial score (nSPS) is 15.9. The summed E-state index contributed by atoms with van der Waals surface area (Å²) < 4.78 is 5.54. The van der Waals surface area contributed by atoms with Crippen molar-refractivity contribution >= 4 is 11.3 Å². The molecule has 2 atom stereocenters. The summed E-state index contributed by atoms with van der Waals surface area (Å²) in [5.41, 5.74) is 7.41. The molecule has 0 saturated carbocycles. The van der Waals surface area contributed by atoms with E-state index in [1.807, 2.05) is 6.92 Å².